The lowest BCUT2D eigenvalue weighted by Gasteiger charge is -2.12. The predicted molar refractivity (Wildman–Crippen MR) is 64.6 cm³/mol. The summed E-state index contributed by atoms with van der Waals surface area (Å²) >= 11 is 0. The van der Waals surface area contributed by atoms with Crippen LogP contribution in [-0.4, -0.2) is 19.3 Å². The van der Waals surface area contributed by atoms with E-state index in [1.165, 1.54) is 0 Å². The third-order valence-corrected chi connectivity index (χ3v) is 2.84. The number of anilines is 1. The maximum atomic E-state index is 8.67. The number of nitrogen functional groups attached to an aromatic ring is 1. The molecule has 1 aliphatic heterocycles. The molecule has 0 spiro atoms. The van der Waals surface area contributed by atoms with E-state index in [0.29, 0.717) is 18.7 Å². The van der Waals surface area contributed by atoms with Crippen LogP contribution in [0.25, 0.3) is 0 Å². The van der Waals surface area contributed by atoms with E-state index < -0.39 is 0 Å². The highest BCUT2D eigenvalue weighted by Gasteiger charge is 2.16. The van der Waals surface area contributed by atoms with E-state index in [1.807, 2.05) is 12.1 Å². The molecule has 1 saturated heterocycles. The van der Waals surface area contributed by atoms with Gasteiger partial charge in [0.15, 0.2) is 0 Å². The number of benzene rings is 1. The zero-order valence-corrected chi connectivity index (χ0v) is 9.69. The minimum absolute atomic E-state index is 0.201. The predicted octanol–water partition coefficient (Wildman–Crippen LogP) is 1.89. The summed E-state index contributed by atoms with van der Waals surface area (Å²) < 4.78 is 11.1. The van der Waals surface area contributed by atoms with Crippen molar-refractivity contribution in [1.29, 1.82) is 5.26 Å². The average Bonchev–Trinajstić information content (AvgIpc) is 2.83. The molecule has 0 radical (unpaired) electrons. The molecule has 1 aliphatic rings. The van der Waals surface area contributed by atoms with E-state index in [-0.39, 0.29) is 6.10 Å². The van der Waals surface area contributed by atoms with Gasteiger partial charge in [-0.1, -0.05) is 0 Å². The van der Waals surface area contributed by atoms with Gasteiger partial charge in [0.1, 0.15) is 12.4 Å². The molecule has 1 aromatic carbocycles. The van der Waals surface area contributed by atoms with Gasteiger partial charge >= 0.3 is 0 Å². The fourth-order valence-electron chi connectivity index (χ4n) is 1.88. The van der Waals surface area contributed by atoms with E-state index in [2.05, 4.69) is 6.07 Å². The van der Waals surface area contributed by atoms with Gasteiger partial charge in [-0.2, -0.15) is 5.26 Å². The van der Waals surface area contributed by atoms with Crippen molar-refractivity contribution in [3.05, 3.63) is 23.8 Å². The first-order chi connectivity index (χ1) is 8.29. The van der Waals surface area contributed by atoms with Crippen LogP contribution in [0.1, 0.15) is 18.4 Å². The van der Waals surface area contributed by atoms with Gasteiger partial charge < -0.3 is 15.2 Å². The first-order valence-corrected chi connectivity index (χ1v) is 5.79. The largest absolute Gasteiger partial charge is 0.491 e. The highest BCUT2D eigenvalue weighted by Crippen LogP contribution is 2.21. The Labute approximate surface area is 101 Å². The highest BCUT2D eigenvalue weighted by molar-refractivity contribution is 5.51. The molecule has 1 heterocycles. The molecule has 0 aliphatic carbocycles. The number of ether oxygens (including phenoxy) is 2. The normalized spacial score (nSPS) is 18.9. The van der Waals surface area contributed by atoms with Crippen LogP contribution in [0.4, 0.5) is 5.69 Å². The second-order valence-corrected chi connectivity index (χ2v) is 4.14. The second kappa shape index (κ2) is 5.55. The lowest BCUT2D eigenvalue weighted by atomic mass is 10.1. The van der Waals surface area contributed by atoms with Gasteiger partial charge in [0.05, 0.1) is 18.6 Å². The van der Waals surface area contributed by atoms with Crippen LogP contribution in [0, 0.1) is 11.3 Å². The lowest BCUT2D eigenvalue weighted by Crippen LogP contribution is -2.16. The number of nitrogens with two attached hydrogens (primary N) is 1. The third-order valence-electron chi connectivity index (χ3n) is 2.84. The summed E-state index contributed by atoms with van der Waals surface area (Å²) in [5, 5.41) is 8.67. The topological polar surface area (TPSA) is 68.3 Å². The number of hydrogen-bond donors (Lipinski definition) is 1. The smallest absolute Gasteiger partial charge is 0.119 e. The van der Waals surface area contributed by atoms with Crippen molar-refractivity contribution in [2.75, 3.05) is 18.9 Å². The number of hydrogen-bond acceptors (Lipinski definition) is 4. The van der Waals surface area contributed by atoms with Crippen LogP contribution >= 0.6 is 0 Å². The Morgan fingerprint density at radius 2 is 2.41 bits per heavy atom. The summed E-state index contributed by atoms with van der Waals surface area (Å²) in [6.45, 7) is 1.39. The van der Waals surface area contributed by atoms with E-state index in [9.17, 15) is 0 Å². The number of nitriles is 1. The minimum Gasteiger partial charge on any atom is -0.491 e. The van der Waals surface area contributed by atoms with E-state index in [0.717, 1.165) is 30.8 Å². The molecule has 0 aromatic heterocycles. The monoisotopic (exact) mass is 232 g/mol. The van der Waals surface area contributed by atoms with Gasteiger partial charge in [-0.15, -0.1) is 0 Å². The van der Waals surface area contributed by atoms with Gasteiger partial charge in [0.2, 0.25) is 0 Å². The SMILES string of the molecule is N#CCc1cc(OCC2CCCO2)ccc1N. The third kappa shape index (κ3) is 3.11. The first-order valence-electron chi connectivity index (χ1n) is 5.79. The molecule has 1 aromatic rings. The maximum absolute atomic E-state index is 8.67. The van der Waals surface area contributed by atoms with Gasteiger partial charge in [-0.3, -0.25) is 0 Å². The van der Waals surface area contributed by atoms with Gasteiger partial charge in [-0.05, 0) is 36.6 Å². The minimum atomic E-state index is 0.201. The Morgan fingerprint density at radius 1 is 1.53 bits per heavy atom. The molecule has 2 rings (SSSR count). The van der Waals surface area contributed by atoms with Crippen molar-refractivity contribution in [2.24, 2.45) is 0 Å². The summed E-state index contributed by atoms with van der Waals surface area (Å²) in [6.07, 6.45) is 2.67. The van der Waals surface area contributed by atoms with E-state index in [1.54, 1.807) is 6.07 Å². The van der Waals surface area contributed by atoms with Crippen LogP contribution in [0.3, 0.4) is 0 Å². The summed E-state index contributed by atoms with van der Waals surface area (Å²) in [6, 6.07) is 7.52. The van der Waals surface area contributed by atoms with Crippen molar-refractivity contribution in [1.82, 2.24) is 0 Å². The zero-order valence-electron chi connectivity index (χ0n) is 9.69. The summed E-state index contributed by atoms with van der Waals surface area (Å²) in [5.41, 5.74) is 7.21. The Balaban J connectivity index is 1.96. The molecular weight excluding hydrogens is 216 g/mol. The summed E-state index contributed by atoms with van der Waals surface area (Å²) in [5.74, 6) is 0.750. The van der Waals surface area contributed by atoms with Crippen LogP contribution in [-0.2, 0) is 11.2 Å². The molecule has 4 heteroatoms. The van der Waals surface area contributed by atoms with Crippen molar-refractivity contribution in [2.45, 2.75) is 25.4 Å². The lowest BCUT2D eigenvalue weighted by molar-refractivity contribution is 0.0679. The molecule has 17 heavy (non-hydrogen) atoms. The second-order valence-electron chi connectivity index (χ2n) is 4.14. The molecule has 2 N–H and O–H groups in total. The van der Waals surface area contributed by atoms with Crippen LogP contribution in [0.15, 0.2) is 18.2 Å². The molecule has 0 saturated carbocycles. The fraction of sp³-hybridized carbons (Fsp3) is 0.462. The summed E-state index contributed by atoms with van der Waals surface area (Å²) in [7, 11) is 0. The van der Waals surface area contributed by atoms with Crippen molar-refractivity contribution >= 4 is 5.69 Å². The van der Waals surface area contributed by atoms with Crippen molar-refractivity contribution in [3.8, 4) is 11.8 Å². The van der Waals surface area contributed by atoms with Crippen LogP contribution < -0.4 is 10.5 Å². The molecule has 0 amide bonds. The van der Waals surface area contributed by atoms with E-state index >= 15 is 0 Å². The quantitative estimate of drug-likeness (QED) is 0.805. The van der Waals surface area contributed by atoms with Crippen LogP contribution in [0.2, 0.25) is 0 Å². The fourth-order valence-corrected chi connectivity index (χ4v) is 1.88. The molecule has 0 bridgehead atoms. The Bertz CT molecular complexity index is 420. The molecule has 1 atom stereocenters. The molecule has 1 fully saturated rings. The number of nitrogens with zero attached hydrogens (tertiary/aromatic N) is 1. The first kappa shape index (κ1) is 11.7. The van der Waals surface area contributed by atoms with Crippen molar-refractivity contribution < 1.29 is 9.47 Å². The molecule has 1 unspecified atom stereocenters. The molecule has 4 nitrogen and oxygen atoms in total. The Morgan fingerprint density at radius 3 is 3.12 bits per heavy atom. The standard InChI is InChI=1S/C13H16N2O2/c14-6-5-10-8-11(3-4-13(10)15)17-9-12-2-1-7-16-12/h3-4,8,12H,1-2,5,7,9,15H2. The summed E-state index contributed by atoms with van der Waals surface area (Å²) in [4.78, 5) is 0. The molecule has 90 valence electrons. The zero-order chi connectivity index (χ0) is 12.1. The van der Waals surface area contributed by atoms with Gasteiger partial charge in [0, 0.05) is 12.3 Å². The maximum Gasteiger partial charge on any atom is 0.119 e. The highest BCUT2D eigenvalue weighted by atomic mass is 16.5. The average molecular weight is 232 g/mol. The van der Waals surface area contributed by atoms with Crippen LogP contribution in [0.5, 0.6) is 5.75 Å². The van der Waals surface area contributed by atoms with Crippen molar-refractivity contribution in [3.63, 3.8) is 0 Å². The Hall–Kier alpha value is -1.73. The van der Waals surface area contributed by atoms with Gasteiger partial charge in [0.25, 0.3) is 0 Å². The van der Waals surface area contributed by atoms with E-state index in [4.69, 9.17) is 20.5 Å². The molecular formula is C13H16N2O2. The van der Waals surface area contributed by atoms with Gasteiger partial charge in [-0.25, -0.2) is 0 Å². The Kier molecular flexibility index (Phi) is 3.84. The number of rotatable bonds is 4.